The van der Waals surface area contributed by atoms with Gasteiger partial charge in [0, 0.05) is 5.92 Å². The van der Waals surface area contributed by atoms with Gasteiger partial charge in [0.25, 0.3) is 0 Å². The predicted octanol–water partition coefficient (Wildman–Crippen LogP) is 3.46. The van der Waals surface area contributed by atoms with E-state index in [1.165, 1.54) is 11.1 Å². The zero-order valence-electron chi connectivity index (χ0n) is 14.2. The van der Waals surface area contributed by atoms with Crippen LogP contribution in [0.1, 0.15) is 38.8 Å². The van der Waals surface area contributed by atoms with Crippen LogP contribution >= 0.6 is 0 Å². The van der Waals surface area contributed by atoms with E-state index < -0.39 is 15.3 Å². The highest BCUT2D eigenvalue weighted by molar-refractivity contribution is 6.48. The van der Waals surface area contributed by atoms with Crippen LogP contribution in [0.2, 0.25) is 13.1 Å². The van der Waals surface area contributed by atoms with Gasteiger partial charge in [-0.2, -0.15) is 0 Å². The Kier molecular flexibility index (Phi) is 7.07. The molecule has 1 N–H and O–H groups in total. The Labute approximate surface area is 131 Å². The fraction of sp³-hybridized carbons (Fsp3) is 0.647. The summed E-state index contributed by atoms with van der Waals surface area (Å²) >= 11 is 0. The molecule has 1 aromatic rings. The summed E-state index contributed by atoms with van der Waals surface area (Å²) in [7, 11) is -1.21. The van der Waals surface area contributed by atoms with Gasteiger partial charge in [-0.1, -0.05) is 52.0 Å². The second-order valence-corrected chi connectivity index (χ2v) is 9.39. The highest BCUT2D eigenvalue weighted by Gasteiger charge is 2.17. The summed E-state index contributed by atoms with van der Waals surface area (Å²) in [6, 6.07) is 8.49. The first-order valence-corrected chi connectivity index (χ1v) is 10.5. The number of aliphatic hydroxyl groups is 1. The topological polar surface area (TPSA) is 38.7 Å². The zero-order valence-corrected chi connectivity index (χ0v) is 15.4. The lowest BCUT2D eigenvalue weighted by atomic mass is 9.86. The van der Waals surface area contributed by atoms with Gasteiger partial charge >= 0.3 is 0 Å². The van der Waals surface area contributed by atoms with E-state index >= 15 is 0 Å². The average molecular weight is 311 g/mol. The third-order valence-electron chi connectivity index (χ3n) is 3.34. The third kappa shape index (κ3) is 6.74. The van der Waals surface area contributed by atoms with Gasteiger partial charge in [0.15, 0.2) is 9.04 Å². The van der Waals surface area contributed by atoms with Crippen molar-refractivity contribution in [3.05, 3.63) is 35.4 Å². The summed E-state index contributed by atoms with van der Waals surface area (Å²) in [6.07, 6.45) is -0.711. The lowest BCUT2D eigenvalue weighted by Gasteiger charge is -2.22. The number of benzene rings is 1. The highest BCUT2D eigenvalue weighted by Crippen LogP contribution is 2.23. The van der Waals surface area contributed by atoms with Gasteiger partial charge in [0.1, 0.15) is 6.29 Å². The van der Waals surface area contributed by atoms with Crippen molar-refractivity contribution < 1.29 is 14.3 Å². The maximum atomic E-state index is 9.87. The molecular formula is C17H30O3Si. The maximum absolute atomic E-state index is 9.87. The van der Waals surface area contributed by atoms with Crippen molar-refractivity contribution in [1.29, 1.82) is 0 Å². The van der Waals surface area contributed by atoms with E-state index in [0.717, 1.165) is 0 Å². The molecule has 120 valence electrons. The molecule has 1 aromatic carbocycles. The van der Waals surface area contributed by atoms with Crippen LogP contribution in [0.3, 0.4) is 0 Å². The van der Waals surface area contributed by atoms with Crippen molar-refractivity contribution in [2.45, 2.75) is 59.1 Å². The van der Waals surface area contributed by atoms with Gasteiger partial charge in [0.2, 0.25) is 0 Å². The van der Waals surface area contributed by atoms with E-state index in [4.69, 9.17) is 9.16 Å². The minimum absolute atomic E-state index is 0.00861. The van der Waals surface area contributed by atoms with Gasteiger partial charge in [-0.25, -0.2) is 0 Å². The monoisotopic (exact) mass is 310 g/mol. The van der Waals surface area contributed by atoms with E-state index in [-0.39, 0.29) is 11.3 Å². The van der Waals surface area contributed by atoms with Crippen LogP contribution < -0.4 is 0 Å². The fourth-order valence-corrected chi connectivity index (χ4v) is 2.81. The Morgan fingerprint density at radius 2 is 1.90 bits per heavy atom. The summed E-state index contributed by atoms with van der Waals surface area (Å²) in [5.74, 6) is -0.00861. The third-order valence-corrected chi connectivity index (χ3v) is 4.16. The molecule has 0 aromatic heterocycles. The summed E-state index contributed by atoms with van der Waals surface area (Å²) < 4.78 is 11.2. The summed E-state index contributed by atoms with van der Waals surface area (Å²) in [5.41, 5.74) is 2.63. The average Bonchev–Trinajstić information content (AvgIpc) is 2.37. The second kappa shape index (κ2) is 8.08. The Morgan fingerprint density at radius 1 is 1.24 bits per heavy atom. The molecule has 4 heteroatoms. The van der Waals surface area contributed by atoms with Gasteiger partial charge in [-0.3, -0.25) is 0 Å². The summed E-state index contributed by atoms with van der Waals surface area (Å²) in [5, 5.41) is 9.87. The van der Waals surface area contributed by atoms with Crippen molar-refractivity contribution in [1.82, 2.24) is 0 Å². The van der Waals surface area contributed by atoms with Crippen molar-refractivity contribution >= 4 is 9.04 Å². The van der Waals surface area contributed by atoms with E-state index in [1.807, 2.05) is 6.92 Å². The molecule has 0 heterocycles. The Hall–Kier alpha value is -0.683. The van der Waals surface area contributed by atoms with Crippen molar-refractivity contribution in [3.8, 4) is 0 Å². The fourth-order valence-electron chi connectivity index (χ4n) is 1.99. The second-order valence-electron chi connectivity index (χ2n) is 7.02. The van der Waals surface area contributed by atoms with Crippen molar-refractivity contribution in [2.75, 3.05) is 6.61 Å². The zero-order chi connectivity index (χ0) is 16.0. The van der Waals surface area contributed by atoms with E-state index in [9.17, 15) is 5.11 Å². The summed E-state index contributed by atoms with van der Waals surface area (Å²) in [6.45, 7) is 13.7. The van der Waals surface area contributed by atoms with Gasteiger partial charge in [-0.05, 0) is 29.6 Å². The van der Waals surface area contributed by atoms with E-state index in [2.05, 4.69) is 58.1 Å². The molecule has 0 fully saturated rings. The lowest BCUT2D eigenvalue weighted by molar-refractivity contribution is -0.0840. The molecule has 2 unspecified atom stereocenters. The predicted molar refractivity (Wildman–Crippen MR) is 89.9 cm³/mol. The van der Waals surface area contributed by atoms with Crippen molar-refractivity contribution in [2.24, 2.45) is 5.92 Å². The number of hydrogen-bond donors (Lipinski definition) is 1. The van der Waals surface area contributed by atoms with Crippen LogP contribution in [0.5, 0.6) is 0 Å². The molecule has 0 spiro atoms. The van der Waals surface area contributed by atoms with Gasteiger partial charge in [-0.15, -0.1) is 0 Å². The van der Waals surface area contributed by atoms with E-state index in [0.29, 0.717) is 13.2 Å². The minimum Gasteiger partial charge on any atom is -0.396 e. The van der Waals surface area contributed by atoms with E-state index in [1.54, 1.807) is 0 Å². The van der Waals surface area contributed by atoms with Gasteiger partial charge < -0.3 is 14.3 Å². The molecule has 0 bridgehead atoms. The summed E-state index contributed by atoms with van der Waals surface area (Å²) in [4.78, 5) is 0. The largest absolute Gasteiger partial charge is 0.396 e. The Balaban J connectivity index is 2.46. The van der Waals surface area contributed by atoms with Crippen LogP contribution in [0.25, 0.3) is 0 Å². The normalized spacial score (nSPS) is 15.2. The molecule has 0 radical (unpaired) electrons. The molecule has 0 aliphatic heterocycles. The number of hydrogen-bond acceptors (Lipinski definition) is 3. The molecule has 21 heavy (non-hydrogen) atoms. The van der Waals surface area contributed by atoms with Crippen LogP contribution in [-0.2, 0) is 21.2 Å². The number of aliphatic hydroxyl groups excluding tert-OH is 1. The lowest BCUT2D eigenvalue weighted by Crippen LogP contribution is -2.29. The SMILES string of the molecule is CC(COCc1cccc(C(C)(C)C)c1)C(O)O[SiH](C)C. The smallest absolute Gasteiger partial charge is 0.174 e. The minimum atomic E-state index is -1.21. The maximum Gasteiger partial charge on any atom is 0.174 e. The molecule has 0 aliphatic rings. The first-order valence-electron chi connectivity index (χ1n) is 7.71. The molecule has 1 rings (SSSR count). The molecule has 0 saturated carbocycles. The number of ether oxygens (including phenoxy) is 1. The highest BCUT2D eigenvalue weighted by atomic mass is 28.3. The van der Waals surface area contributed by atoms with Gasteiger partial charge in [0.05, 0.1) is 13.2 Å². The van der Waals surface area contributed by atoms with Crippen LogP contribution in [-0.4, -0.2) is 27.0 Å². The molecular weight excluding hydrogens is 280 g/mol. The molecule has 0 aliphatic carbocycles. The first kappa shape index (κ1) is 18.4. The van der Waals surface area contributed by atoms with Crippen LogP contribution in [0.15, 0.2) is 24.3 Å². The first-order chi connectivity index (χ1) is 9.70. The molecule has 3 nitrogen and oxygen atoms in total. The Bertz CT molecular complexity index is 426. The molecule has 0 amide bonds. The van der Waals surface area contributed by atoms with Crippen LogP contribution in [0, 0.1) is 5.92 Å². The molecule has 2 atom stereocenters. The standard InChI is InChI=1S/C17H30O3Si/c1-13(16(18)20-21(5)6)11-19-12-14-8-7-9-15(10-14)17(2,3)4/h7-10,13,16,18,21H,11-12H2,1-6H3. The molecule has 0 saturated heterocycles. The van der Waals surface area contributed by atoms with Crippen LogP contribution in [0.4, 0.5) is 0 Å². The number of rotatable bonds is 7. The Morgan fingerprint density at radius 3 is 2.48 bits per heavy atom. The quantitative estimate of drug-likeness (QED) is 0.619. The van der Waals surface area contributed by atoms with Crippen molar-refractivity contribution in [3.63, 3.8) is 0 Å².